The Morgan fingerprint density at radius 3 is 2.62 bits per heavy atom. The van der Waals surface area contributed by atoms with Crippen LogP contribution in [0.5, 0.6) is 0 Å². The Hall–Kier alpha value is -1.56. The SMILES string of the molecule is O=S(=O)(N[C@@H]1CC[C@H](CCn2cc(C3(O)CCCC3)nn2)O[C@@H]1CO)c1ccc(Cl)cc1. The van der Waals surface area contributed by atoms with E-state index in [4.69, 9.17) is 16.3 Å². The van der Waals surface area contributed by atoms with Crippen molar-refractivity contribution in [2.24, 2.45) is 0 Å². The van der Waals surface area contributed by atoms with E-state index < -0.39 is 27.8 Å². The van der Waals surface area contributed by atoms with Crippen LogP contribution in [0.1, 0.15) is 50.6 Å². The largest absolute Gasteiger partial charge is 0.394 e. The van der Waals surface area contributed by atoms with Crippen LogP contribution in [0.4, 0.5) is 0 Å². The highest BCUT2D eigenvalue weighted by Gasteiger charge is 2.36. The molecule has 0 radical (unpaired) electrons. The lowest BCUT2D eigenvalue weighted by Crippen LogP contribution is -2.50. The summed E-state index contributed by atoms with van der Waals surface area (Å²) in [4.78, 5) is 0.117. The number of aliphatic hydroxyl groups excluding tert-OH is 1. The van der Waals surface area contributed by atoms with Crippen LogP contribution < -0.4 is 4.72 Å². The van der Waals surface area contributed by atoms with Gasteiger partial charge in [-0.2, -0.15) is 0 Å². The van der Waals surface area contributed by atoms with Gasteiger partial charge >= 0.3 is 0 Å². The Bertz CT molecular complexity index is 1010. The number of ether oxygens (including phenoxy) is 1. The van der Waals surface area contributed by atoms with Crippen LogP contribution in [-0.4, -0.2) is 58.5 Å². The summed E-state index contributed by atoms with van der Waals surface area (Å²) in [6.45, 7) is 0.276. The van der Waals surface area contributed by atoms with Gasteiger partial charge in [0.25, 0.3) is 0 Å². The topological polar surface area (TPSA) is 127 Å². The van der Waals surface area contributed by atoms with E-state index in [2.05, 4.69) is 15.0 Å². The molecule has 1 aliphatic carbocycles. The highest BCUT2D eigenvalue weighted by Crippen LogP contribution is 2.37. The van der Waals surface area contributed by atoms with Gasteiger partial charge in [0, 0.05) is 11.6 Å². The van der Waals surface area contributed by atoms with E-state index in [1.54, 1.807) is 10.9 Å². The van der Waals surface area contributed by atoms with Gasteiger partial charge in [-0.3, -0.25) is 4.68 Å². The minimum absolute atomic E-state index is 0.117. The average molecular weight is 485 g/mol. The molecule has 2 aliphatic rings. The van der Waals surface area contributed by atoms with Crippen LogP contribution in [0.25, 0.3) is 0 Å². The molecule has 4 rings (SSSR count). The van der Waals surface area contributed by atoms with Crippen molar-refractivity contribution in [3.63, 3.8) is 0 Å². The Kier molecular flexibility index (Phi) is 7.18. The maximum atomic E-state index is 12.7. The monoisotopic (exact) mass is 484 g/mol. The fourth-order valence-corrected chi connectivity index (χ4v) is 5.90. The highest BCUT2D eigenvalue weighted by atomic mass is 35.5. The first kappa shape index (κ1) is 23.6. The summed E-state index contributed by atoms with van der Waals surface area (Å²) in [5.74, 6) is 0. The predicted molar refractivity (Wildman–Crippen MR) is 118 cm³/mol. The molecular formula is C21H29ClN4O5S. The highest BCUT2D eigenvalue weighted by molar-refractivity contribution is 7.89. The van der Waals surface area contributed by atoms with Gasteiger partial charge in [0.2, 0.25) is 10.0 Å². The molecule has 1 aromatic heterocycles. The molecule has 3 N–H and O–H groups in total. The smallest absolute Gasteiger partial charge is 0.240 e. The Balaban J connectivity index is 1.32. The van der Waals surface area contributed by atoms with Crippen LogP contribution in [0.2, 0.25) is 5.02 Å². The van der Waals surface area contributed by atoms with Crippen molar-refractivity contribution in [1.29, 1.82) is 0 Å². The molecule has 2 aromatic rings. The summed E-state index contributed by atoms with van der Waals surface area (Å²) >= 11 is 5.84. The molecule has 1 aliphatic heterocycles. The molecule has 0 unspecified atom stereocenters. The molecule has 9 nitrogen and oxygen atoms in total. The third-order valence-corrected chi connectivity index (χ3v) is 8.11. The third kappa shape index (κ3) is 5.32. The average Bonchev–Trinajstić information content (AvgIpc) is 3.43. The van der Waals surface area contributed by atoms with Crippen molar-refractivity contribution in [2.75, 3.05) is 6.61 Å². The van der Waals surface area contributed by atoms with Crippen LogP contribution in [-0.2, 0) is 26.9 Å². The number of nitrogens with zero attached hydrogens (tertiary/aromatic N) is 3. The molecule has 3 atom stereocenters. The number of hydrogen-bond donors (Lipinski definition) is 3. The van der Waals surface area contributed by atoms with E-state index in [1.165, 1.54) is 24.3 Å². The van der Waals surface area contributed by atoms with Crippen LogP contribution in [0.15, 0.2) is 35.4 Å². The van der Waals surface area contributed by atoms with Crippen molar-refractivity contribution in [2.45, 2.75) is 80.2 Å². The number of aryl methyl sites for hydroxylation is 1. The minimum atomic E-state index is -3.75. The van der Waals surface area contributed by atoms with E-state index in [-0.39, 0.29) is 17.6 Å². The van der Waals surface area contributed by atoms with Crippen LogP contribution >= 0.6 is 11.6 Å². The summed E-state index contributed by atoms with van der Waals surface area (Å²) < 4.78 is 35.7. The normalized spacial score (nSPS) is 25.8. The van der Waals surface area contributed by atoms with E-state index in [9.17, 15) is 18.6 Å². The van der Waals surface area contributed by atoms with Gasteiger partial charge in [-0.05, 0) is 56.4 Å². The molecule has 32 heavy (non-hydrogen) atoms. The van der Waals surface area contributed by atoms with Crippen molar-refractivity contribution >= 4 is 21.6 Å². The number of nitrogens with one attached hydrogen (secondary N) is 1. The van der Waals surface area contributed by atoms with E-state index in [0.717, 1.165) is 12.8 Å². The number of aromatic nitrogens is 3. The van der Waals surface area contributed by atoms with Gasteiger partial charge < -0.3 is 14.9 Å². The number of aliphatic hydroxyl groups is 2. The summed E-state index contributed by atoms with van der Waals surface area (Å²) in [6, 6.07) is 5.41. The molecule has 0 spiro atoms. The van der Waals surface area contributed by atoms with Crippen LogP contribution in [0.3, 0.4) is 0 Å². The molecule has 0 bridgehead atoms. The summed E-state index contributed by atoms with van der Waals surface area (Å²) in [5, 5.41) is 29.2. The van der Waals surface area contributed by atoms with Gasteiger partial charge in [-0.25, -0.2) is 13.1 Å². The number of rotatable bonds is 8. The first-order valence-electron chi connectivity index (χ1n) is 11.0. The molecule has 1 aromatic carbocycles. The van der Waals surface area contributed by atoms with Gasteiger partial charge in [0.05, 0.1) is 35.9 Å². The lowest BCUT2D eigenvalue weighted by molar-refractivity contribution is -0.0891. The van der Waals surface area contributed by atoms with Crippen molar-refractivity contribution in [3.8, 4) is 0 Å². The molecule has 176 valence electrons. The third-order valence-electron chi connectivity index (χ3n) is 6.35. The van der Waals surface area contributed by atoms with E-state index in [1.807, 2.05) is 0 Å². The molecule has 0 amide bonds. The summed E-state index contributed by atoms with van der Waals surface area (Å²) in [5.41, 5.74) is -0.250. The summed E-state index contributed by atoms with van der Waals surface area (Å²) in [7, 11) is -3.75. The van der Waals surface area contributed by atoms with E-state index >= 15 is 0 Å². The maximum Gasteiger partial charge on any atom is 0.240 e. The fraction of sp³-hybridized carbons (Fsp3) is 0.619. The lowest BCUT2D eigenvalue weighted by Gasteiger charge is -2.36. The molecule has 2 fully saturated rings. The molecule has 1 saturated carbocycles. The van der Waals surface area contributed by atoms with Crippen molar-refractivity contribution in [1.82, 2.24) is 19.7 Å². The molecule has 2 heterocycles. The van der Waals surface area contributed by atoms with Crippen molar-refractivity contribution < 1.29 is 23.4 Å². The minimum Gasteiger partial charge on any atom is -0.394 e. The van der Waals surface area contributed by atoms with Crippen molar-refractivity contribution in [3.05, 3.63) is 41.2 Å². The van der Waals surface area contributed by atoms with Crippen LogP contribution in [0, 0.1) is 0 Å². The second-order valence-corrected chi connectivity index (χ2v) is 10.8. The number of halogens is 1. The Morgan fingerprint density at radius 1 is 1.22 bits per heavy atom. The van der Waals surface area contributed by atoms with Gasteiger partial charge in [-0.15, -0.1) is 5.10 Å². The lowest BCUT2D eigenvalue weighted by atomic mass is 9.98. The number of sulfonamides is 1. The first-order valence-corrected chi connectivity index (χ1v) is 12.8. The maximum absolute atomic E-state index is 12.7. The standard InChI is InChI=1S/C21H29ClN4O5S/c22-15-3-6-17(7-4-15)32(29,30)24-18-8-5-16(31-19(18)14-27)9-12-26-13-20(23-25-26)21(28)10-1-2-11-21/h3-4,6-7,13,16,18-19,24,27-28H,1-2,5,8-12,14H2/t16-,18-,19-/m1/s1. The molecule has 11 heteroatoms. The molecular weight excluding hydrogens is 456 g/mol. The Labute approximate surface area is 192 Å². The zero-order chi connectivity index (χ0) is 22.8. The van der Waals surface area contributed by atoms with Gasteiger partial charge in [-0.1, -0.05) is 29.7 Å². The van der Waals surface area contributed by atoms with E-state index in [0.29, 0.717) is 49.4 Å². The number of hydrogen-bond acceptors (Lipinski definition) is 7. The van der Waals surface area contributed by atoms with Gasteiger partial charge in [0.15, 0.2) is 0 Å². The first-order chi connectivity index (χ1) is 15.3. The zero-order valence-corrected chi connectivity index (χ0v) is 19.3. The fourth-order valence-electron chi connectivity index (χ4n) is 4.47. The second-order valence-electron chi connectivity index (χ2n) is 8.63. The zero-order valence-electron chi connectivity index (χ0n) is 17.7. The quantitative estimate of drug-likeness (QED) is 0.522. The molecule has 1 saturated heterocycles. The predicted octanol–water partition coefficient (Wildman–Crippen LogP) is 1.97. The van der Waals surface area contributed by atoms with Gasteiger partial charge in [0.1, 0.15) is 11.3 Å². The Morgan fingerprint density at radius 2 is 1.94 bits per heavy atom. The second kappa shape index (κ2) is 9.74. The number of benzene rings is 1. The summed E-state index contributed by atoms with van der Waals surface area (Å²) in [6.07, 6.45) is 6.27.